The lowest BCUT2D eigenvalue weighted by atomic mass is 9.88. The van der Waals surface area contributed by atoms with Crippen molar-refractivity contribution < 1.29 is 0 Å². The first-order chi connectivity index (χ1) is 14.9. The normalized spacial score (nSPS) is 20.7. The molecule has 2 atom stereocenters. The zero-order chi connectivity index (χ0) is 19.7. The van der Waals surface area contributed by atoms with E-state index in [2.05, 4.69) is 72.8 Å². The first-order valence-electron chi connectivity index (χ1n) is 11.1. The second-order valence-corrected chi connectivity index (χ2v) is 8.79. The number of nitrogens with zero attached hydrogens (tertiary/aromatic N) is 2. The predicted octanol–water partition coefficient (Wildman–Crippen LogP) is 5.86. The molecular formula is C28H22N2. The molecule has 0 bridgehead atoms. The van der Waals surface area contributed by atoms with Crippen LogP contribution in [-0.4, -0.2) is 12.1 Å². The summed E-state index contributed by atoms with van der Waals surface area (Å²) in [6, 6.07) is 27.2. The maximum absolute atomic E-state index is 5.34. The largest absolute Gasteiger partial charge is 0.277 e. The number of rotatable bonds is 0. The van der Waals surface area contributed by atoms with Gasteiger partial charge in [-0.1, -0.05) is 85.6 Å². The fraction of sp³-hybridized carbons (Fsp3) is 0.214. The Morgan fingerprint density at radius 2 is 0.967 bits per heavy atom. The van der Waals surface area contributed by atoms with E-state index >= 15 is 0 Å². The van der Waals surface area contributed by atoms with Gasteiger partial charge in [0.2, 0.25) is 0 Å². The van der Waals surface area contributed by atoms with Crippen LogP contribution in [0.25, 0.3) is 43.1 Å². The maximum atomic E-state index is 5.34. The highest BCUT2D eigenvalue weighted by molar-refractivity contribution is 6.27. The summed E-state index contributed by atoms with van der Waals surface area (Å²) in [5.74, 6) is 0. The van der Waals surface area contributed by atoms with Crippen molar-refractivity contribution in [2.24, 2.45) is 9.98 Å². The van der Waals surface area contributed by atoms with Crippen LogP contribution >= 0.6 is 0 Å². The molecule has 1 heterocycles. The van der Waals surface area contributed by atoms with Gasteiger partial charge in [0, 0.05) is 21.5 Å². The van der Waals surface area contributed by atoms with Crippen molar-refractivity contribution in [1.82, 2.24) is 0 Å². The molecule has 0 amide bonds. The number of hydrogen-bond acceptors (Lipinski definition) is 2. The minimum Gasteiger partial charge on any atom is -0.277 e. The third-order valence-electron chi connectivity index (χ3n) is 7.13. The molecule has 0 aromatic heterocycles. The van der Waals surface area contributed by atoms with Gasteiger partial charge >= 0.3 is 0 Å². The summed E-state index contributed by atoms with van der Waals surface area (Å²) in [6.07, 6.45) is 4.88. The molecule has 144 valence electrons. The predicted molar refractivity (Wildman–Crippen MR) is 125 cm³/mol. The summed E-state index contributed by atoms with van der Waals surface area (Å²) in [7, 11) is 0. The zero-order valence-electron chi connectivity index (χ0n) is 16.8. The lowest BCUT2D eigenvalue weighted by molar-refractivity contribution is 0.370. The molecule has 0 spiro atoms. The third-order valence-corrected chi connectivity index (χ3v) is 7.13. The van der Waals surface area contributed by atoms with Gasteiger partial charge in [-0.15, -0.1) is 0 Å². The summed E-state index contributed by atoms with van der Waals surface area (Å²) >= 11 is 0. The Morgan fingerprint density at radius 3 is 1.47 bits per heavy atom. The summed E-state index contributed by atoms with van der Waals surface area (Å²) in [5.41, 5.74) is 0. The molecule has 1 aliphatic carbocycles. The summed E-state index contributed by atoms with van der Waals surface area (Å²) in [4.78, 5) is 10.7. The second-order valence-electron chi connectivity index (χ2n) is 8.79. The van der Waals surface area contributed by atoms with Gasteiger partial charge in [-0.25, -0.2) is 0 Å². The van der Waals surface area contributed by atoms with Gasteiger partial charge in [-0.05, 0) is 34.4 Å². The molecule has 30 heavy (non-hydrogen) atoms. The average Bonchev–Trinajstić information content (AvgIpc) is 2.82. The van der Waals surface area contributed by atoms with Gasteiger partial charge in [0.05, 0.1) is 22.8 Å². The van der Waals surface area contributed by atoms with E-state index < -0.39 is 0 Å². The smallest absolute Gasteiger partial charge is 0.0915 e. The molecule has 1 saturated carbocycles. The van der Waals surface area contributed by atoms with Gasteiger partial charge in [0.1, 0.15) is 0 Å². The first-order valence-corrected chi connectivity index (χ1v) is 11.1. The zero-order valence-corrected chi connectivity index (χ0v) is 16.8. The molecule has 0 unspecified atom stereocenters. The van der Waals surface area contributed by atoms with Crippen molar-refractivity contribution in [2.75, 3.05) is 0 Å². The lowest BCUT2D eigenvalue weighted by Gasteiger charge is -2.28. The van der Waals surface area contributed by atoms with Gasteiger partial charge < -0.3 is 0 Å². The van der Waals surface area contributed by atoms with Crippen LogP contribution in [0.2, 0.25) is 0 Å². The van der Waals surface area contributed by atoms with E-state index in [1.54, 1.807) is 0 Å². The maximum Gasteiger partial charge on any atom is 0.0915 e. The molecule has 1 aliphatic heterocycles. The van der Waals surface area contributed by atoms with Gasteiger partial charge in [-0.3, -0.25) is 9.98 Å². The summed E-state index contributed by atoms with van der Waals surface area (Å²) in [5, 5.41) is 12.5. The van der Waals surface area contributed by atoms with Crippen molar-refractivity contribution in [3.05, 3.63) is 83.5 Å². The van der Waals surface area contributed by atoms with Crippen molar-refractivity contribution in [1.29, 1.82) is 0 Å². The highest BCUT2D eigenvalue weighted by Crippen LogP contribution is 2.34. The van der Waals surface area contributed by atoms with Gasteiger partial charge in [0.15, 0.2) is 0 Å². The van der Waals surface area contributed by atoms with E-state index in [0.29, 0.717) is 12.1 Å². The number of fused-ring (bicyclic) bond motifs is 11. The van der Waals surface area contributed by atoms with Crippen LogP contribution in [0.1, 0.15) is 25.7 Å². The van der Waals surface area contributed by atoms with Crippen LogP contribution in [0, 0.1) is 0 Å². The average molecular weight is 386 g/mol. The van der Waals surface area contributed by atoms with E-state index in [-0.39, 0.29) is 0 Å². The fourth-order valence-corrected chi connectivity index (χ4v) is 5.72. The highest BCUT2D eigenvalue weighted by Gasteiger charge is 2.27. The molecule has 2 nitrogen and oxygen atoms in total. The molecule has 5 aromatic rings. The van der Waals surface area contributed by atoms with E-state index in [0.717, 1.165) is 10.7 Å². The van der Waals surface area contributed by atoms with E-state index in [4.69, 9.17) is 9.98 Å². The van der Waals surface area contributed by atoms with Crippen molar-refractivity contribution >= 4 is 43.1 Å². The highest BCUT2D eigenvalue weighted by atomic mass is 14.9. The molecule has 7 rings (SSSR count). The van der Waals surface area contributed by atoms with Crippen LogP contribution in [0.5, 0.6) is 0 Å². The molecular weight excluding hydrogens is 364 g/mol. The Hall–Kier alpha value is -3.26. The SMILES string of the molecule is c1ccc2c(c1)ccc1c3c(c4ccc5ccccc5c4c12)=N[C@@H]1CCCC[C@H]1N=3. The first kappa shape index (κ1) is 16.5. The summed E-state index contributed by atoms with van der Waals surface area (Å²) in [6.45, 7) is 0. The van der Waals surface area contributed by atoms with Crippen LogP contribution in [0.3, 0.4) is 0 Å². The van der Waals surface area contributed by atoms with Crippen molar-refractivity contribution in [3.63, 3.8) is 0 Å². The molecule has 2 aliphatic rings. The minimum atomic E-state index is 0.346. The minimum absolute atomic E-state index is 0.346. The molecule has 1 fully saturated rings. The van der Waals surface area contributed by atoms with Gasteiger partial charge in [0.25, 0.3) is 0 Å². The molecule has 5 aromatic carbocycles. The quantitative estimate of drug-likeness (QED) is 0.298. The molecule has 0 N–H and O–H groups in total. The second kappa shape index (κ2) is 6.12. The van der Waals surface area contributed by atoms with Crippen molar-refractivity contribution in [3.8, 4) is 0 Å². The monoisotopic (exact) mass is 386 g/mol. The standard InChI is InChI=1S/C28H22N2/c1-3-9-19-17(7-1)13-15-21-25(19)26-20-10-4-2-8-18(20)14-16-22(26)28-27(21)29-23-11-5-6-12-24(23)30-28/h1-4,7-10,13-16,23-24H,5-6,11-12H2/t23-,24-/m1/s1. The number of hydrogen-bond donors (Lipinski definition) is 0. The van der Waals surface area contributed by atoms with Crippen LogP contribution in [0.15, 0.2) is 82.8 Å². The lowest BCUT2D eigenvalue weighted by Crippen LogP contribution is -2.41. The van der Waals surface area contributed by atoms with E-state index in [9.17, 15) is 0 Å². The van der Waals surface area contributed by atoms with Crippen LogP contribution in [0.4, 0.5) is 0 Å². The van der Waals surface area contributed by atoms with Crippen molar-refractivity contribution in [2.45, 2.75) is 37.8 Å². The summed E-state index contributed by atoms with van der Waals surface area (Å²) < 4.78 is 0. The number of benzene rings is 5. The van der Waals surface area contributed by atoms with Gasteiger partial charge in [-0.2, -0.15) is 0 Å². The van der Waals surface area contributed by atoms with E-state index in [1.165, 1.54) is 68.8 Å². The van der Waals surface area contributed by atoms with E-state index in [1.807, 2.05) is 0 Å². The Balaban J connectivity index is 1.82. The molecule has 2 heteroatoms. The van der Waals surface area contributed by atoms with Crippen LogP contribution in [-0.2, 0) is 0 Å². The molecule has 0 radical (unpaired) electrons. The molecule has 0 saturated heterocycles. The fourth-order valence-electron chi connectivity index (χ4n) is 5.72. The Bertz CT molecular complexity index is 1490. The Kier molecular flexibility index (Phi) is 3.37. The third kappa shape index (κ3) is 2.19. The Morgan fingerprint density at radius 1 is 0.500 bits per heavy atom. The Labute approximate surface area is 174 Å². The van der Waals surface area contributed by atoms with Crippen LogP contribution < -0.4 is 10.7 Å². The topological polar surface area (TPSA) is 24.7 Å².